The Morgan fingerprint density at radius 3 is 2.59 bits per heavy atom. The zero-order valence-corrected chi connectivity index (χ0v) is 15.6. The standard InChI is InChI=1S/C20H24O7/c1-6-9(2)18(23)26-15-13-11(4)19(24)27-16(13)17(22)20(5,12-8-25-12)14(15)10(3)7-21/h6-7,12-17,22H,3-4,8H2,1-2,5H3/b9-6-/t12-,13-,14+,15+,16+,17+,20+/m0/s1. The first-order valence-electron chi connectivity index (χ1n) is 8.85. The highest BCUT2D eigenvalue weighted by atomic mass is 16.6. The first-order chi connectivity index (χ1) is 12.7. The highest BCUT2D eigenvalue weighted by Gasteiger charge is 2.68. The van der Waals surface area contributed by atoms with Crippen molar-refractivity contribution >= 4 is 18.2 Å². The minimum absolute atomic E-state index is 0.109. The Hall–Kier alpha value is -2.25. The average Bonchev–Trinajstić information content (AvgIpc) is 3.45. The van der Waals surface area contributed by atoms with Crippen molar-refractivity contribution in [2.75, 3.05) is 6.61 Å². The van der Waals surface area contributed by atoms with E-state index in [-0.39, 0.29) is 17.3 Å². The van der Waals surface area contributed by atoms with Gasteiger partial charge in [0.2, 0.25) is 0 Å². The molecule has 27 heavy (non-hydrogen) atoms. The molecule has 0 radical (unpaired) electrons. The van der Waals surface area contributed by atoms with Gasteiger partial charge >= 0.3 is 11.9 Å². The number of hydrogen-bond donors (Lipinski definition) is 1. The van der Waals surface area contributed by atoms with Gasteiger partial charge in [-0.25, -0.2) is 9.59 Å². The lowest BCUT2D eigenvalue weighted by molar-refractivity contribution is -0.195. The van der Waals surface area contributed by atoms with Gasteiger partial charge in [0.15, 0.2) is 0 Å². The van der Waals surface area contributed by atoms with Gasteiger partial charge in [-0.2, -0.15) is 0 Å². The van der Waals surface area contributed by atoms with Crippen LogP contribution in [0, 0.1) is 17.3 Å². The largest absolute Gasteiger partial charge is 0.458 e. The number of rotatable bonds is 5. The molecule has 0 bridgehead atoms. The number of allylic oxidation sites excluding steroid dienone is 1. The fourth-order valence-electron chi connectivity index (χ4n) is 4.31. The van der Waals surface area contributed by atoms with E-state index in [0.29, 0.717) is 18.5 Å². The van der Waals surface area contributed by atoms with Gasteiger partial charge in [0.05, 0.1) is 18.6 Å². The number of aliphatic hydroxyl groups excluding tert-OH is 1. The highest BCUT2D eigenvalue weighted by Crippen LogP contribution is 2.56. The first kappa shape index (κ1) is 19.5. The third-order valence-electron chi connectivity index (χ3n) is 6.14. The second-order valence-electron chi connectivity index (χ2n) is 7.57. The summed E-state index contributed by atoms with van der Waals surface area (Å²) in [5.74, 6) is -2.75. The van der Waals surface area contributed by atoms with Crippen molar-refractivity contribution in [2.45, 2.75) is 45.2 Å². The molecular formula is C20H24O7. The van der Waals surface area contributed by atoms with Crippen LogP contribution in [0.5, 0.6) is 0 Å². The van der Waals surface area contributed by atoms with E-state index in [9.17, 15) is 19.5 Å². The monoisotopic (exact) mass is 376 g/mol. The molecule has 3 fully saturated rings. The average molecular weight is 376 g/mol. The van der Waals surface area contributed by atoms with E-state index in [1.807, 2.05) is 0 Å². The number of carbonyl (C=O) groups is 3. The summed E-state index contributed by atoms with van der Waals surface area (Å²) in [6, 6.07) is 0. The predicted octanol–water partition coefficient (Wildman–Crippen LogP) is 1.11. The van der Waals surface area contributed by atoms with Crippen LogP contribution in [0.1, 0.15) is 20.8 Å². The van der Waals surface area contributed by atoms with Gasteiger partial charge in [-0.15, -0.1) is 0 Å². The van der Waals surface area contributed by atoms with Crippen molar-refractivity contribution in [2.24, 2.45) is 17.3 Å². The van der Waals surface area contributed by atoms with Crippen molar-refractivity contribution in [3.63, 3.8) is 0 Å². The van der Waals surface area contributed by atoms with Crippen LogP contribution in [0.25, 0.3) is 0 Å². The zero-order valence-electron chi connectivity index (χ0n) is 15.6. The summed E-state index contributed by atoms with van der Waals surface area (Å²) in [5.41, 5.74) is -0.363. The molecule has 7 heteroatoms. The van der Waals surface area contributed by atoms with Gasteiger partial charge in [0.1, 0.15) is 24.6 Å². The van der Waals surface area contributed by atoms with E-state index < -0.39 is 47.5 Å². The number of carbonyl (C=O) groups excluding carboxylic acids is 3. The number of hydrogen-bond acceptors (Lipinski definition) is 7. The molecule has 0 spiro atoms. The van der Waals surface area contributed by atoms with Crippen LogP contribution in [-0.4, -0.2) is 54.4 Å². The molecule has 2 aliphatic heterocycles. The Balaban J connectivity index is 2.12. The van der Waals surface area contributed by atoms with Crippen LogP contribution in [0.4, 0.5) is 0 Å². The maximum Gasteiger partial charge on any atom is 0.334 e. The van der Waals surface area contributed by atoms with Gasteiger partial charge in [0, 0.05) is 22.5 Å². The van der Waals surface area contributed by atoms with Crippen molar-refractivity contribution in [1.29, 1.82) is 0 Å². The number of ether oxygens (including phenoxy) is 3. The van der Waals surface area contributed by atoms with Crippen molar-refractivity contribution < 1.29 is 33.7 Å². The van der Waals surface area contributed by atoms with Crippen LogP contribution in [0.3, 0.4) is 0 Å². The quantitative estimate of drug-likeness (QED) is 0.332. The molecule has 7 nitrogen and oxygen atoms in total. The summed E-state index contributed by atoms with van der Waals surface area (Å²) in [6.45, 7) is 13.0. The second-order valence-corrected chi connectivity index (χ2v) is 7.57. The molecule has 3 rings (SSSR count). The maximum absolute atomic E-state index is 12.5. The van der Waals surface area contributed by atoms with E-state index in [0.717, 1.165) is 0 Å². The zero-order chi connectivity index (χ0) is 20.1. The second kappa shape index (κ2) is 6.73. The van der Waals surface area contributed by atoms with E-state index >= 15 is 0 Å². The van der Waals surface area contributed by atoms with Crippen LogP contribution < -0.4 is 0 Å². The van der Waals surface area contributed by atoms with E-state index in [1.54, 1.807) is 26.8 Å². The normalized spacial score (nSPS) is 40.8. The van der Waals surface area contributed by atoms with Crippen LogP contribution >= 0.6 is 0 Å². The molecular weight excluding hydrogens is 352 g/mol. The van der Waals surface area contributed by atoms with Crippen LogP contribution in [-0.2, 0) is 28.6 Å². The molecule has 2 saturated heterocycles. The Bertz CT molecular complexity index is 747. The molecule has 0 aromatic carbocycles. The smallest absolute Gasteiger partial charge is 0.334 e. The van der Waals surface area contributed by atoms with Crippen molar-refractivity contribution in [3.05, 3.63) is 36.0 Å². The molecule has 1 saturated carbocycles. The number of aldehydes is 1. The molecule has 2 heterocycles. The lowest BCUT2D eigenvalue weighted by Crippen LogP contribution is -2.63. The highest BCUT2D eigenvalue weighted by molar-refractivity contribution is 5.92. The first-order valence-corrected chi connectivity index (χ1v) is 8.85. The molecule has 146 valence electrons. The number of fused-ring (bicyclic) bond motifs is 1. The predicted molar refractivity (Wildman–Crippen MR) is 94.4 cm³/mol. The molecule has 3 aliphatic rings. The molecule has 0 aromatic rings. The molecule has 7 atom stereocenters. The van der Waals surface area contributed by atoms with Gasteiger partial charge < -0.3 is 19.3 Å². The Kier molecular flexibility index (Phi) is 4.86. The minimum atomic E-state index is -1.13. The minimum Gasteiger partial charge on any atom is -0.458 e. The van der Waals surface area contributed by atoms with Gasteiger partial charge in [-0.3, -0.25) is 4.79 Å². The topological polar surface area (TPSA) is 102 Å². The third kappa shape index (κ3) is 2.85. The van der Waals surface area contributed by atoms with Crippen molar-refractivity contribution in [1.82, 2.24) is 0 Å². The number of epoxide rings is 1. The van der Waals surface area contributed by atoms with Gasteiger partial charge in [0.25, 0.3) is 0 Å². The Morgan fingerprint density at radius 2 is 2.07 bits per heavy atom. The van der Waals surface area contributed by atoms with Crippen LogP contribution in [0.2, 0.25) is 0 Å². The van der Waals surface area contributed by atoms with E-state index in [4.69, 9.17) is 14.2 Å². The molecule has 0 unspecified atom stereocenters. The van der Waals surface area contributed by atoms with Crippen molar-refractivity contribution in [3.8, 4) is 0 Å². The Morgan fingerprint density at radius 1 is 1.44 bits per heavy atom. The Labute approximate surface area is 157 Å². The summed E-state index contributed by atoms with van der Waals surface area (Å²) in [6.07, 6.45) is -1.17. The van der Waals surface area contributed by atoms with Crippen LogP contribution in [0.15, 0.2) is 36.0 Å². The number of esters is 2. The lowest BCUT2D eigenvalue weighted by Gasteiger charge is -2.51. The number of aliphatic hydroxyl groups is 1. The summed E-state index contributed by atoms with van der Waals surface area (Å²) in [4.78, 5) is 36.2. The molecule has 1 aliphatic carbocycles. The molecule has 0 aromatic heterocycles. The fourth-order valence-corrected chi connectivity index (χ4v) is 4.31. The summed E-state index contributed by atoms with van der Waals surface area (Å²) in [5, 5.41) is 11.1. The molecule has 1 N–H and O–H groups in total. The van der Waals surface area contributed by atoms with Gasteiger partial charge in [-0.05, 0) is 19.4 Å². The molecule has 0 amide bonds. The van der Waals surface area contributed by atoms with E-state index in [2.05, 4.69) is 13.2 Å². The third-order valence-corrected chi connectivity index (χ3v) is 6.14. The lowest BCUT2D eigenvalue weighted by atomic mass is 9.56. The summed E-state index contributed by atoms with van der Waals surface area (Å²) >= 11 is 0. The fraction of sp³-hybridized carbons (Fsp3) is 0.550. The summed E-state index contributed by atoms with van der Waals surface area (Å²) < 4.78 is 16.5. The summed E-state index contributed by atoms with van der Waals surface area (Å²) in [7, 11) is 0. The maximum atomic E-state index is 12.5. The SMILES string of the molecule is C=C1C(=O)O[C@@H]2[C@@H]1[C@@H](OC(=O)/C(C)=C\C)[C@@H](C(=C)C=O)[C@@](C)([C@@H]1CO1)[C@@H]2O. The van der Waals surface area contributed by atoms with E-state index in [1.165, 1.54) is 0 Å². The van der Waals surface area contributed by atoms with Gasteiger partial charge in [-0.1, -0.05) is 26.2 Å².